The van der Waals surface area contributed by atoms with Gasteiger partial charge in [0.1, 0.15) is 10.7 Å². The molecule has 2 aromatic rings. The van der Waals surface area contributed by atoms with Gasteiger partial charge in [0.2, 0.25) is 0 Å². The van der Waals surface area contributed by atoms with Crippen LogP contribution in [0.4, 0.5) is 0 Å². The molecule has 8 heteroatoms. The molecule has 164 valence electrons. The number of unbranched alkanes of at least 4 members (excludes halogenated alkanes) is 1. The first-order chi connectivity index (χ1) is 14.8. The second-order valence-corrected chi connectivity index (χ2v) is 9.10. The first-order valence-electron chi connectivity index (χ1n) is 10.1. The van der Waals surface area contributed by atoms with Crippen LogP contribution < -0.4 is 10.1 Å². The Balaban J connectivity index is 1.78. The van der Waals surface area contributed by atoms with Crippen molar-refractivity contribution in [1.82, 2.24) is 9.62 Å². The van der Waals surface area contributed by atoms with Gasteiger partial charge >= 0.3 is 0 Å². The molecule has 0 aromatic heterocycles. The summed E-state index contributed by atoms with van der Waals surface area (Å²) in [5.41, 5.74) is 1.72. The first kappa shape index (κ1) is 22.6. The number of nitrogens with zero attached hydrogens (tertiary/aromatic N) is 1. The molecule has 3 rings (SSSR count). The van der Waals surface area contributed by atoms with Crippen LogP contribution in [0.25, 0.3) is 4.91 Å². The molecule has 1 aliphatic rings. The van der Waals surface area contributed by atoms with Crippen molar-refractivity contribution in [3.63, 3.8) is 0 Å². The number of hydrogen-bond donors (Lipinski definition) is 1. The van der Waals surface area contributed by atoms with E-state index in [-0.39, 0.29) is 22.9 Å². The van der Waals surface area contributed by atoms with E-state index in [1.807, 2.05) is 6.92 Å². The molecule has 1 N–H and O–H groups in total. The minimum absolute atomic E-state index is 0.00655. The third kappa shape index (κ3) is 4.64. The number of carbonyl (C=O) groups excluding carboxylic acids is 2. The lowest BCUT2D eigenvalue weighted by molar-refractivity contribution is -0.122. The number of ether oxygens (including phenoxy) is 1. The van der Waals surface area contributed by atoms with Crippen LogP contribution >= 0.6 is 0 Å². The average Bonchev–Trinajstić information content (AvgIpc) is 2.93. The topological polar surface area (TPSA) is 92.8 Å². The van der Waals surface area contributed by atoms with Crippen molar-refractivity contribution < 1.29 is 22.7 Å². The number of carbonyl (C=O) groups is 2. The van der Waals surface area contributed by atoms with E-state index in [0.717, 1.165) is 17.1 Å². The fourth-order valence-corrected chi connectivity index (χ4v) is 5.17. The van der Waals surface area contributed by atoms with E-state index < -0.39 is 15.9 Å². The standard InChI is InChI=1S/C23H26N2O5S/c1-4-5-14-24-22(26)19-8-6-17(7-9-19)15-25-23(27)16(2)21(31(25,28)29)18-10-12-20(30-3)13-11-18/h6-13H,4-5,14-15H2,1-3H3,(H,24,26). The predicted octanol–water partition coefficient (Wildman–Crippen LogP) is 3.33. The summed E-state index contributed by atoms with van der Waals surface area (Å²) in [6.07, 6.45) is 1.89. The first-order valence-corrected chi connectivity index (χ1v) is 11.5. The molecule has 0 aliphatic carbocycles. The van der Waals surface area contributed by atoms with E-state index in [2.05, 4.69) is 5.32 Å². The lowest BCUT2D eigenvalue weighted by atomic mass is 10.1. The maximum atomic E-state index is 13.1. The van der Waals surface area contributed by atoms with E-state index in [9.17, 15) is 18.0 Å². The van der Waals surface area contributed by atoms with Crippen LogP contribution in [0, 0.1) is 0 Å². The number of rotatable bonds is 8. The van der Waals surface area contributed by atoms with Gasteiger partial charge in [0.05, 0.1) is 13.7 Å². The summed E-state index contributed by atoms with van der Waals surface area (Å²) in [5.74, 6) is -0.129. The Morgan fingerprint density at radius 3 is 2.29 bits per heavy atom. The molecule has 1 heterocycles. The van der Waals surface area contributed by atoms with Crippen molar-refractivity contribution in [2.75, 3.05) is 13.7 Å². The van der Waals surface area contributed by atoms with Gasteiger partial charge in [0.15, 0.2) is 0 Å². The van der Waals surface area contributed by atoms with Gasteiger partial charge in [0, 0.05) is 17.7 Å². The second-order valence-electron chi connectivity index (χ2n) is 7.31. The predicted molar refractivity (Wildman–Crippen MR) is 119 cm³/mol. The Morgan fingerprint density at radius 1 is 1.06 bits per heavy atom. The summed E-state index contributed by atoms with van der Waals surface area (Å²) in [4.78, 5) is 24.9. The van der Waals surface area contributed by atoms with Crippen LogP contribution in [0.15, 0.2) is 54.1 Å². The molecule has 1 aliphatic heterocycles. The van der Waals surface area contributed by atoms with Crippen molar-refractivity contribution >= 4 is 26.7 Å². The molecule has 0 atom stereocenters. The number of methoxy groups -OCH3 is 1. The maximum absolute atomic E-state index is 13.1. The molecule has 0 fully saturated rings. The molecule has 2 amide bonds. The Morgan fingerprint density at radius 2 is 1.71 bits per heavy atom. The quantitative estimate of drug-likeness (QED) is 0.633. The van der Waals surface area contributed by atoms with Crippen molar-refractivity contribution in [3.05, 3.63) is 70.8 Å². The molecule has 31 heavy (non-hydrogen) atoms. The largest absolute Gasteiger partial charge is 0.497 e. The Kier molecular flexibility index (Phi) is 6.80. The van der Waals surface area contributed by atoms with E-state index in [1.165, 1.54) is 14.0 Å². The van der Waals surface area contributed by atoms with E-state index in [4.69, 9.17) is 4.74 Å². The highest BCUT2D eigenvalue weighted by Crippen LogP contribution is 2.36. The molecule has 0 radical (unpaired) electrons. The molecule has 0 unspecified atom stereocenters. The van der Waals surface area contributed by atoms with Gasteiger partial charge in [-0.25, -0.2) is 12.7 Å². The van der Waals surface area contributed by atoms with E-state index in [0.29, 0.717) is 29.0 Å². The van der Waals surface area contributed by atoms with Gasteiger partial charge in [-0.05, 0) is 60.9 Å². The fraction of sp³-hybridized carbons (Fsp3) is 0.304. The lowest BCUT2D eigenvalue weighted by Crippen LogP contribution is -2.31. The van der Waals surface area contributed by atoms with Crippen molar-refractivity contribution in [2.24, 2.45) is 0 Å². The number of sulfonamides is 1. The second kappa shape index (κ2) is 9.34. The molecule has 0 saturated carbocycles. The highest BCUT2D eigenvalue weighted by Gasteiger charge is 2.42. The number of benzene rings is 2. The minimum Gasteiger partial charge on any atom is -0.497 e. The summed E-state index contributed by atoms with van der Waals surface area (Å²) in [7, 11) is -2.47. The van der Waals surface area contributed by atoms with Crippen molar-refractivity contribution in [3.8, 4) is 5.75 Å². The van der Waals surface area contributed by atoms with Crippen LogP contribution in [-0.2, 0) is 21.4 Å². The van der Waals surface area contributed by atoms with Crippen LogP contribution in [0.1, 0.15) is 48.2 Å². The number of nitrogens with one attached hydrogen (secondary N) is 1. The summed E-state index contributed by atoms with van der Waals surface area (Å²) in [6.45, 7) is 4.07. The normalized spacial score (nSPS) is 15.3. The van der Waals surface area contributed by atoms with Gasteiger partial charge < -0.3 is 10.1 Å². The van der Waals surface area contributed by atoms with E-state index >= 15 is 0 Å². The number of hydrogen-bond acceptors (Lipinski definition) is 5. The highest BCUT2D eigenvalue weighted by molar-refractivity contribution is 7.99. The fourth-order valence-electron chi connectivity index (χ4n) is 3.37. The highest BCUT2D eigenvalue weighted by atomic mass is 32.2. The zero-order valence-electron chi connectivity index (χ0n) is 17.8. The molecule has 7 nitrogen and oxygen atoms in total. The summed E-state index contributed by atoms with van der Waals surface area (Å²) >= 11 is 0. The monoisotopic (exact) mass is 442 g/mol. The van der Waals surface area contributed by atoms with E-state index in [1.54, 1.807) is 48.5 Å². The van der Waals surface area contributed by atoms with Gasteiger partial charge in [0.25, 0.3) is 21.8 Å². The molecule has 0 bridgehead atoms. The summed E-state index contributed by atoms with van der Waals surface area (Å²) < 4.78 is 32.3. The molecule has 0 spiro atoms. The van der Waals surface area contributed by atoms with Gasteiger partial charge in [-0.3, -0.25) is 9.59 Å². The smallest absolute Gasteiger partial charge is 0.268 e. The minimum atomic E-state index is -4.00. The third-order valence-electron chi connectivity index (χ3n) is 5.15. The summed E-state index contributed by atoms with van der Waals surface area (Å²) in [5, 5.41) is 2.84. The molecule has 2 aromatic carbocycles. The van der Waals surface area contributed by atoms with Crippen LogP contribution in [-0.4, -0.2) is 38.2 Å². The maximum Gasteiger partial charge on any atom is 0.268 e. The Bertz CT molecular complexity index is 1100. The van der Waals surface area contributed by atoms with Crippen LogP contribution in [0.3, 0.4) is 0 Å². The molecular formula is C23H26N2O5S. The van der Waals surface area contributed by atoms with Gasteiger partial charge in [-0.1, -0.05) is 25.5 Å². The van der Waals surface area contributed by atoms with Gasteiger partial charge in [-0.15, -0.1) is 0 Å². The zero-order chi connectivity index (χ0) is 22.6. The van der Waals surface area contributed by atoms with Crippen LogP contribution in [0.2, 0.25) is 0 Å². The van der Waals surface area contributed by atoms with Crippen molar-refractivity contribution in [2.45, 2.75) is 33.2 Å². The SMILES string of the molecule is CCCCNC(=O)c1ccc(CN2C(=O)C(C)=C(c3ccc(OC)cc3)S2(=O)=O)cc1. The third-order valence-corrected chi connectivity index (χ3v) is 7.08. The summed E-state index contributed by atoms with van der Waals surface area (Å²) in [6, 6.07) is 13.2. The van der Waals surface area contributed by atoms with Crippen LogP contribution in [0.5, 0.6) is 5.75 Å². The van der Waals surface area contributed by atoms with Gasteiger partial charge in [-0.2, -0.15) is 0 Å². The molecule has 0 saturated heterocycles. The average molecular weight is 443 g/mol. The Labute approximate surface area is 182 Å². The van der Waals surface area contributed by atoms with Crippen molar-refractivity contribution in [1.29, 1.82) is 0 Å². The zero-order valence-corrected chi connectivity index (χ0v) is 18.7. The Hall–Kier alpha value is -3.13. The lowest BCUT2D eigenvalue weighted by Gasteiger charge is -2.17. The molecular weight excluding hydrogens is 416 g/mol. The number of amides is 2.